The van der Waals surface area contributed by atoms with E-state index in [9.17, 15) is 0 Å². The molecule has 16 heavy (non-hydrogen) atoms. The zero-order valence-corrected chi connectivity index (χ0v) is 11.0. The van der Waals surface area contributed by atoms with Crippen LogP contribution in [0, 0.1) is 0 Å². The summed E-state index contributed by atoms with van der Waals surface area (Å²) in [6.07, 6.45) is 3.36. The quantitative estimate of drug-likeness (QED) is 0.907. The molecule has 0 saturated heterocycles. The van der Waals surface area contributed by atoms with Crippen molar-refractivity contribution in [3.05, 3.63) is 27.4 Å². The molecule has 2 aromatic heterocycles. The number of halogens is 1. The second-order valence-corrected chi connectivity index (χ2v) is 4.72. The van der Waals surface area contributed by atoms with E-state index in [0.717, 1.165) is 21.0 Å². The molecule has 2 aromatic rings. The molecule has 2 heterocycles. The third kappa shape index (κ3) is 2.48. The first kappa shape index (κ1) is 11.3. The van der Waals surface area contributed by atoms with Gasteiger partial charge in [0, 0.05) is 18.1 Å². The lowest BCUT2D eigenvalue weighted by Crippen LogP contribution is -2.03. The van der Waals surface area contributed by atoms with Gasteiger partial charge in [-0.25, -0.2) is 9.97 Å². The molecule has 0 aliphatic heterocycles. The molecule has 0 radical (unpaired) electrons. The van der Waals surface area contributed by atoms with Gasteiger partial charge in [0.1, 0.15) is 22.4 Å². The van der Waals surface area contributed by atoms with Gasteiger partial charge in [0.15, 0.2) is 0 Å². The van der Waals surface area contributed by atoms with Gasteiger partial charge >= 0.3 is 0 Å². The first-order valence-corrected chi connectivity index (χ1v) is 6.28. The predicted molar refractivity (Wildman–Crippen MR) is 68.7 cm³/mol. The molecule has 0 saturated carbocycles. The van der Waals surface area contributed by atoms with Crippen molar-refractivity contribution in [2.45, 2.75) is 6.54 Å². The summed E-state index contributed by atoms with van der Waals surface area (Å²) in [5.74, 6) is 1.54. The molecule has 5 nitrogen and oxygen atoms in total. The van der Waals surface area contributed by atoms with Gasteiger partial charge in [0.25, 0.3) is 0 Å². The van der Waals surface area contributed by atoms with E-state index in [4.69, 9.17) is 0 Å². The molecule has 2 N–H and O–H groups in total. The molecule has 0 bridgehead atoms. The Morgan fingerprint density at radius 2 is 2.19 bits per heavy atom. The van der Waals surface area contributed by atoms with Crippen LogP contribution in [0.25, 0.3) is 0 Å². The fourth-order valence-corrected chi connectivity index (χ4v) is 2.25. The maximum Gasteiger partial charge on any atom is 0.146 e. The molecule has 0 fully saturated rings. The molecule has 84 valence electrons. The minimum atomic E-state index is 0.712. The van der Waals surface area contributed by atoms with Crippen molar-refractivity contribution in [1.82, 2.24) is 15.0 Å². The van der Waals surface area contributed by atoms with Crippen molar-refractivity contribution >= 4 is 38.9 Å². The van der Waals surface area contributed by atoms with E-state index in [-0.39, 0.29) is 0 Å². The highest BCUT2D eigenvalue weighted by Gasteiger charge is 2.06. The van der Waals surface area contributed by atoms with Crippen LogP contribution in [-0.2, 0) is 6.54 Å². The number of aromatic nitrogens is 3. The van der Waals surface area contributed by atoms with Gasteiger partial charge in [-0.3, -0.25) is 4.98 Å². The first-order chi connectivity index (χ1) is 7.81. The Hall–Kier alpha value is -1.21. The highest BCUT2D eigenvalue weighted by molar-refractivity contribution is 9.10. The Labute approximate surface area is 105 Å². The van der Waals surface area contributed by atoms with Crippen LogP contribution in [0.4, 0.5) is 11.6 Å². The van der Waals surface area contributed by atoms with Gasteiger partial charge in [-0.15, -0.1) is 11.3 Å². The summed E-state index contributed by atoms with van der Waals surface area (Å²) in [5, 5.41) is 6.20. The highest BCUT2D eigenvalue weighted by Crippen LogP contribution is 2.26. The molecule has 7 heteroatoms. The van der Waals surface area contributed by atoms with Crippen LogP contribution in [-0.4, -0.2) is 22.0 Å². The monoisotopic (exact) mass is 299 g/mol. The van der Waals surface area contributed by atoms with Gasteiger partial charge in [-0.05, 0) is 15.9 Å². The van der Waals surface area contributed by atoms with E-state index in [1.165, 1.54) is 6.33 Å². The molecule has 0 spiro atoms. The third-order valence-electron chi connectivity index (χ3n) is 1.94. The molecule has 0 atom stereocenters. The molecular weight excluding hydrogens is 290 g/mol. The van der Waals surface area contributed by atoms with E-state index in [2.05, 4.69) is 41.5 Å². The molecule has 0 amide bonds. The van der Waals surface area contributed by atoms with Crippen molar-refractivity contribution in [3.63, 3.8) is 0 Å². The van der Waals surface area contributed by atoms with Crippen molar-refractivity contribution in [3.8, 4) is 0 Å². The lowest BCUT2D eigenvalue weighted by atomic mass is 10.5. The number of nitrogens with zero attached hydrogens (tertiary/aromatic N) is 3. The largest absolute Gasteiger partial charge is 0.372 e. The smallest absolute Gasteiger partial charge is 0.146 e. The van der Waals surface area contributed by atoms with E-state index in [1.807, 2.05) is 18.8 Å². The van der Waals surface area contributed by atoms with Crippen LogP contribution in [0.2, 0.25) is 0 Å². The Balaban J connectivity index is 2.09. The molecule has 0 aliphatic carbocycles. The number of anilines is 2. The Morgan fingerprint density at radius 1 is 1.38 bits per heavy atom. The summed E-state index contributed by atoms with van der Waals surface area (Å²) in [6.45, 7) is 0.712. The van der Waals surface area contributed by atoms with E-state index in [1.54, 1.807) is 11.3 Å². The average molecular weight is 300 g/mol. The predicted octanol–water partition coefficient (Wildman–Crippen LogP) is 2.35. The van der Waals surface area contributed by atoms with Gasteiger partial charge < -0.3 is 10.6 Å². The van der Waals surface area contributed by atoms with E-state index < -0.39 is 0 Å². The van der Waals surface area contributed by atoms with Gasteiger partial charge in [-0.2, -0.15) is 0 Å². The molecule has 2 rings (SSSR count). The summed E-state index contributed by atoms with van der Waals surface area (Å²) in [6, 6.07) is 0. The molecule has 0 aliphatic rings. The van der Waals surface area contributed by atoms with Crippen LogP contribution >= 0.6 is 27.3 Å². The summed E-state index contributed by atoms with van der Waals surface area (Å²) in [7, 11) is 1.82. The minimum absolute atomic E-state index is 0.712. The van der Waals surface area contributed by atoms with Crippen molar-refractivity contribution < 1.29 is 0 Å². The fourth-order valence-electron chi connectivity index (χ4n) is 1.17. The average Bonchev–Trinajstić information content (AvgIpc) is 2.81. The molecular formula is C9H10BrN5S. The van der Waals surface area contributed by atoms with Gasteiger partial charge in [0.05, 0.1) is 12.1 Å². The Bertz CT molecular complexity index is 459. The number of nitrogens with one attached hydrogen (secondary N) is 2. The van der Waals surface area contributed by atoms with Crippen LogP contribution < -0.4 is 10.6 Å². The SMILES string of the molecule is CNc1ncnc(NCc2cncs2)c1Br. The van der Waals surface area contributed by atoms with Crippen LogP contribution in [0.15, 0.2) is 22.5 Å². The van der Waals surface area contributed by atoms with Gasteiger partial charge in [0.2, 0.25) is 0 Å². The minimum Gasteiger partial charge on any atom is -0.372 e. The Kier molecular flexibility index (Phi) is 3.68. The Morgan fingerprint density at radius 3 is 2.88 bits per heavy atom. The second-order valence-electron chi connectivity index (χ2n) is 2.96. The summed E-state index contributed by atoms with van der Waals surface area (Å²) < 4.78 is 0.835. The number of thiazole rings is 1. The van der Waals surface area contributed by atoms with Crippen LogP contribution in [0.5, 0.6) is 0 Å². The van der Waals surface area contributed by atoms with Crippen molar-refractivity contribution in [1.29, 1.82) is 0 Å². The first-order valence-electron chi connectivity index (χ1n) is 4.60. The maximum atomic E-state index is 4.16. The summed E-state index contributed by atoms with van der Waals surface area (Å²) in [5.41, 5.74) is 1.81. The molecule has 0 aromatic carbocycles. The third-order valence-corrected chi connectivity index (χ3v) is 3.47. The normalized spacial score (nSPS) is 10.1. The van der Waals surface area contributed by atoms with Crippen molar-refractivity contribution in [2.24, 2.45) is 0 Å². The topological polar surface area (TPSA) is 62.7 Å². The second kappa shape index (κ2) is 5.22. The highest BCUT2D eigenvalue weighted by atomic mass is 79.9. The zero-order chi connectivity index (χ0) is 11.4. The summed E-state index contributed by atoms with van der Waals surface area (Å²) >= 11 is 5.05. The lowest BCUT2D eigenvalue weighted by Gasteiger charge is -2.08. The number of hydrogen-bond donors (Lipinski definition) is 2. The van der Waals surface area contributed by atoms with Gasteiger partial charge in [-0.1, -0.05) is 0 Å². The van der Waals surface area contributed by atoms with E-state index >= 15 is 0 Å². The maximum absolute atomic E-state index is 4.16. The number of rotatable bonds is 4. The van der Waals surface area contributed by atoms with E-state index in [0.29, 0.717) is 6.54 Å². The standard InChI is InChI=1S/C9H10BrN5S/c1-11-8-7(10)9(15-4-14-8)13-3-6-2-12-5-16-6/h2,4-5H,3H2,1H3,(H2,11,13,14,15). The number of hydrogen-bond acceptors (Lipinski definition) is 6. The summed E-state index contributed by atoms with van der Waals surface area (Å²) in [4.78, 5) is 13.4. The molecule has 0 unspecified atom stereocenters. The van der Waals surface area contributed by atoms with Crippen molar-refractivity contribution in [2.75, 3.05) is 17.7 Å². The lowest BCUT2D eigenvalue weighted by molar-refractivity contribution is 1.08. The van der Waals surface area contributed by atoms with Crippen LogP contribution in [0.1, 0.15) is 4.88 Å². The zero-order valence-electron chi connectivity index (χ0n) is 8.57. The van der Waals surface area contributed by atoms with Crippen LogP contribution in [0.3, 0.4) is 0 Å². The fraction of sp³-hybridized carbons (Fsp3) is 0.222.